The van der Waals surface area contributed by atoms with Gasteiger partial charge < -0.3 is 14.9 Å². The number of aryl methyl sites for hydroxylation is 1. The highest BCUT2D eigenvalue weighted by molar-refractivity contribution is 7.58. The van der Waals surface area contributed by atoms with Crippen molar-refractivity contribution in [2.75, 3.05) is 18.9 Å². The van der Waals surface area contributed by atoms with Crippen LogP contribution < -0.4 is 5.32 Å². The van der Waals surface area contributed by atoms with Gasteiger partial charge in [0.05, 0.1) is 0 Å². The molecule has 0 aliphatic rings. The van der Waals surface area contributed by atoms with Crippen LogP contribution in [0.15, 0.2) is 60.7 Å². The first-order valence-electron chi connectivity index (χ1n) is 10.2. The lowest BCUT2D eigenvalue weighted by Crippen LogP contribution is -2.25. The van der Waals surface area contributed by atoms with Crippen LogP contribution in [0, 0.1) is 5.92 Å². The van der Waals surface area contributed by atoms with Gasteiger partial charge in [0, 0.05) is 18.9 Å². The van der Waals surface area contributed by atoms with Gasteiger partial charge in [-0.05, 0) is 29.9 Å². The zero-order valence-corrected chi connectivity index (χ0v) is 18.0. The summed E-state index contributed by atoms with van der Waals surface area (Å²) in [5, 5.41) is 2.75. The number of hydrogen-bond donors (Lipinski definition) is 2. The van der Waals surface area contributed by atoms with Gasteiger partial charge in [-0.25, -0.2) is 4.79 Å². The molecular formula is C23H32NO4P. The fourth-order valence-corrected chi connectivity index (χ4v) is 5.15. The Balaban J connectivity index is 1.53. The van der Waals surface area contributed by atoms with Crippen molar-refractivity contribution in [2.45, 2.75) is 39.2 Å². The summed E-state index contributed by atoms with van der Waals surface area (Å²) in [6.07, 6.45) is 3.50. The highest BCUT2D eigenvalue weighted by Gasteiger charge is 2.21. The number of nitrogens with one attached hydrogen (secondary N) is 1. The lowest BCUT2D eigenvalue weighted by Gasteiger charge is -2.17. The molecule has 29 heavy (non-hydrogen) atoms. The third-order valence-corrected chi connectivity index (χ3v) is 6.91. The first-order valence-corrected chi connectivity index (χ1v) is 12.3. The van der Waals surface area contributed by atoms with Crippen LogP contribution in [-0.4, -0.2) is 29.9 Å². The van der Waals surface area contributed by atoms with Gasteiger partial charge in [-0.15, -0.1) is 0 Å². The minimum Gasteiger partial charge on any atom is -0.445 e. The Morgan fingerprint density at radius 3 is 2.31 bits per heavy atom. The average Bonchev–Trinajstić information content (AvgIpc) is 2.72. The molecule has 2 unspecified atom stereocenters. The molecule has 5 nitrogen and oxygen atoms in total. The molecule has 0 saturated heterocycles. The van der Waals surface area contributed by atoms with Gasteiger partial charge in [-0.3, -0.25) is 4.57 Å². The maximum absolute atomic E-state index is 12.4. The van der Waals surface area contributed by atoms with E-state index in [1.807, 2.05) is 67.6 Å². The van der Waals surface area contributed by atoms with Gasteiger partial charge in [-0.1, -0.05) is 80.4 Å². The minimum absolute atomic E-state index is 0.187. The van der Waals surface area contributed by atoms with Crippen molar-refractivity contribution >= 4 is 13.5 Å². The molecule has 0 aromatic heterocycles. The number of ether oxygens (including phenoxy) is 1. The Morgan fingerprint density at radius 1 is 1.03 bits per heavy atom. The van der Waals surface area contributed by atoms with E-state index in [4.69, 9.17) is 4.74 Å². The number of rotatable bonds is 12. The molecule has 2 aromatic carbocycles. The van der Waals surface area contributed by atoms with E-state index < -0.39 is 13.5 Å². The number of carbonyl (C=O) groups is 1. The minimum atomic E-state index is -3.11. The Labute approximate surface area is 173 Å². The molecule has 0 saturated carbocycles. The summed E-state index contributed by atoms with van der Waals surface area (Å²) in [7, 11) is -3.11. The third kappa shape index (κ3) is 10.3. The number of alkyl carbamates (subject to hydrolysis) is 1. The van der Waals surface area contributed by atoms with Crippen LogP contribution in [0.3, 0.4) is 0 Å². The van der Waals surface area contributed by atoms with Gasteiger partial charge in [0.2, 0.25) is 7.37 Å². The Hall–Kier alpha value is -2.10. The first kappa shape index (κ1) is 23.2. The molecular weight excluding hydrogens is 385 g/mol. The number of hydrogen-bond acceptors (Lipinski definition) is 3. The molecule has 2 aromatic rings. The molecule has 158 valence electrons. The van der Waals surface area contributed by atoms with Crippen molar-refractivity contribution in [1.82, 2.24) is 5.32 Å². The number of carbonyl (C=O) groups excluding carboxylic acids is 1. The first-order chi connectivity index (χ1) is 13.9. The topological polar surface area (TPSA) is 75.6 Å². The number of benzene rings is 2. The molecule has 0 spiro atoms. The number of unbranched alkanes of at least 4 members (excludes halogenated alkanes) is 1. The van der Waals surface area contributed by atoms with Crippen LogP contribution in [0.2, 0.25) is 0 Å². The fourth-order valence-electron chi connectivity index (χ4n) is 3.20. The van der Waals surface area contributed by atoms with E-state index in [0.29, 0.717) is 25.3 Å². The highest BCUT2D eigenvalue weighted by Crippen LogP contribution is 2.43. The second-order valence-electron chi connectivity index (χ2n) is 7.58. The lowest BCUT2D eigenvalue weighted by atomic mass is 10.1. The van der Waals surface area contributed by atoms with Crippen molar-refractivity contribution in [1.29, 1.82) is 0 Å². The summed E-state index contributed by atoms with van der Waals surface area (Å²) in [5.41, 5.74) is 2.05. The molecule has 0 fully saturated rings. The highest BCUT2D eigenvalue weighted by atomic mass is 31.2. The van der Waals surface area contributed by atoms with Crippen LogP contribution in [0.25, 0.3) is 0 Å². The Morgan fingerprint density at radius 2 is 1.66 bits per heavy atom. The summed E-state index contributed by atoms with van der Waals surface area (Å²) in [6.45, 7) is 2.83. The van der Waals surface area contributed by atoms with E-state index in [-0.39, 0.29) is 12.5 Å². The zero-order chi connectivity index (χ0) is 21.0. The Bertz CT molecular complexity index is 767. The van der Waals surface area contributed by atoms with Crippen molar-refractivity contribution in [3.8, 4) is 0 Å². The quantitative estimate of drug-likeness (QED) is 0.366. The fraction of sp³-hybridized carbons (Fsp3) is 0.435. The van der Waals surface area contributed by atoms with Crippen LogP contribution >= 0.6 is 7.37 Å². The lowest BCUT2D eigenvalue weighted by molar-refractivity contribution is 0.139. The Kier molecular flexibility index (Phi) is 9.96. The molecule has 2 rings (SSSR count). The molecule has 2 N–H and O–H groups in total. The molecule has 2 atom stereocenters. The van der Waals surface area contributed by atoms with E-state index in [0.717, 1.165) is 30.4 Å². The summed E-state index contributed by atoms with van der Waals surface area (Å²) in [5.74, 6) is 0.187. The van der Waals surface area contributed by atoms with E-state index >= 15 is 0 Å². The van der Waals surface area contributed by atoms with Gasteiger partial charge in [-0.2, -0.15) is 0 Å². The predicted molar refractivity (Wildman–Crippen MR) is 117 cm³/mol. The standard InChI is InChI=1S/C23H32NO4P/c1-20(19-29(26,27)17-15-21-11-4-2-5-12-21)10-8-9-16-24-23(25)28-18-22-13-6-3-7-14-22/h2-7,11-14,20H,8-10,15-19H2,1H3,(H,24,25)(H,26,27). The van der Waals surface area contributed by atoms with Gasteiger partial charge in [0.25, 0.3) is 0 Å². The second-order valence-corrected chi connectivity index (χ2v) is 10.1. The van der Waals surface area contributed by atoms with E-state index in [9.17, 15) is 14.3 Å². The summed E-state index contributed by atoms with van der Waals surface area (Å²) < 4.78 is 17.6. The van der Waals surface area contributed by atoms with Crippen LogP contribution in [0.4, 0.5) is 4.79 Å². The normalized spacial score (nSPS) is 14.0. The molecule has 0 radical (unpaired) electrons. The van der Waals surface area contributed by atoms with Crippen molar-refractivity contribution in [3.63, 3.8) is 0 Å². The van der Waals surface area contributed by atoms with E-state index in [1.54, 1.807) is 0 Å². The van der Waals surface area contributed by atoms with Gasteiger partial charge in [0.1, 0.15) is 6.61 Å². The second kappa shape index (κ2) is 12.5. The van der Waals surface area contributed by atoms with Crippen molar-refractivity contribution < 1.29 is 19.0 Å². The van der Waals surface area contributed by atoms with E-state index in [1.165, 1.54) is 0 Å². The largest absolute Gasteiger partial charge is 0.445 e. The monoisotopic (exact) mass is 417 g/mol. The maximum atomic E-state index is 12.4. The molecule has 0 heterocycles. The van der Waals surface area contributed by atoms with Crippen LogP contribution in [0.5, 0.6) is 0 Å². The number of amides is 1. The molecule has 0 aliphatic heterocycles. The summed E-state index contributed by atoms with van der Waals surface area (Å²) in [4.78, 5) is 21.9. The van der Waals surface area contributed by atoms with Crippen molar-refractivity contribution in [3.05, 3.63) is 71.8 Å². The van der Waals surface area contributed by atoms with Crippen LogP contribution in [0.1, 0.15) is 37.3 Å². The summed E-state index contributed by atoms with van der Waals surface area (Å²) >= 11 is 0. The molecule has 6 heteroatoms. The molecule has 0 aliphatic carbocycles. The summed E-state index contributed by atoms with van der Waals surface area (Å²) in [6, 6.07) is 19.4. The van der Waals surface area contributed by atoms with Gasteiger partial charge >= 0.3 is 6.09 Å². The third-order valence-electron chi connectivity index (χ3n) is 4.80. The zero-order valence-electron chi connectivity index (χ0n) is 17.1. The predicted octanol–water partition coefficient (Wildman–Crippen LogP) is 5.23. The van der Waals surface area contributed by atoms with Gasteiger partial charge in [0.15, 0.2) is 0 Å². The van der Waals surface area contributed by atoms with E-state index in [2.05, 4.69) is 5.32 Å². The van der Waals surface area contributed by atoms with Crippen LogP contribution in [-0.2, 0) is 22.3 Å². The maximum Gasteiger partial charge on any atom is 0.407 e. The molecule has 0 bridgehead atoms. The SMILES string of the molecule is CC(CCCCNC(=O)OCc1ccccc1)CP(=O)(O)CCc1ccccc1. The average molecular weight is 417 g/mol. The smallest absolute Gasteiger partial charge is 0.407 e. The van der Waals surface area contributed by atoms with Crippen molar-refractivity contribution in [2.24, 2.45) is 5.92 Å². The molecule has 1 amide bonds.